The number of esters is 1. The van der Waals surface area contributed by atoms with Gasteiger partial charge in [-0.25, -0.2) is 0 Å². The fourth-order valence-electron chi connectivity index (χ4n) is 1.10. The molecule has 0 saturated carbocycles. The molecule has 0 aliphatic carbocycles. The van der Waals surface area contributed by atoms with Gasteiger partial charge in [0.2, 0.25) is 0 Å². The third-order valence-corrected chi connectivity index (χ3v) is 3.28. The first-order valence-electron chi connectivity index (χ1n) is 5.31. The molecule has 14 heavy (non-hydrogen) atoms. The van der Waals surface area contributed by atoms with Crippen LogP contribution in [0.1, 0.15) is 47.0 Å². The second kappa shape index (κ2) is 7.16. The zero-order valence-corrected chi connectivity index (χ0v) is 10.6. The molecule has 2 nitrogen and oxygen atoms in total. The number of hydrogen-bond acceptors (Lipinski definition) is 3. The third kappa shape index (κ3) is 7.25. The van der Waals surface area contributed by atoms with E-state index in [0.29, 0.717) is 13.0 Å². The lowest BCUT2D eigenvalue weighted by Gasteiger charge is -2.22. The Kier molecular flexibility index (Phi) is 7.06. The lowest BCUT2D eigenvalue weighted by molar-refractivity contribution is -0.143. The monoisotopic (exact) mass is 218 g/mol. The Labute approximate surface area is 91.8 Å². The summed E-state index contributed by atoms with van der Waals surface area (Å²) in [6, 6.07) is 0. The number of hydrogen-bond donors (Lipinski definition) is 0. The zero-order chi connectivity index (χ0) is 11.0. The van der Waals surface area contributed by atoms with Crippen molar-refractivity contribution in [3.8, 4) is 0 Å². The predicted octanol–water partition coefficient (Wildman–Crippen LogP) is 3.25. The van der Waals surface area contributed by atoms with Crippen molar-refractivity contribution in [1.29, 1.82) is 0 Å². The van der Waals surface area contributed by atoms with E-state index < -0.39 is 0 Å². The second-order valence-corrected chi connectivity index (χ2v) is 5.75. The van der Waals surface area contributed by atoms with Gasteiger partial charge in [-0.2, -0.15) is 11.8 Å². The van der Waals surface area contributed by atoms with Gasteiger partial charge >= 0.3 is 5.97 Å². The Hall–Kier alpha value is -0.180. The summed E-state index contributed by atoms with van der Waals surface area (Å²) in [6.45, 7) is 8.71. The minimum absolute atomic E-state index is 0.0153. The Bertz CT molecular complexity index is 167. The SMILES string of the molecule is CCCCSC(C)(C)CC(=O)OCC. The highest BCUT2D eigenvalue weighted by molar-refractivity contribution is 8.00. The molecule has 0 rings (SSSR count). The van der Waals surface area contributed by atoms with Crippen molar-refractivity contribution in [3.05, 3.63) is 0 Å². The highest BCUT2D eigenvalue weighted by Crippen LogP contribution is 2.29. The second-order valence-electron chi connectivity index (χ2n) is 3.94. The molecule has 0 aliphatic heterocycles. The Morgan fingerprint density at radius 2 is 2.00 bits per heavy atom. The molecule has 0 fully saturated rings. The van der Waals surface area contributed by atoms with Gasteiger partial charge in [-0.3, -0.25) is 4.79 Å². The molecular weight excluding hydrogens is 196 g/mol. The molecule has 0 saturated heterocycles. The van der Waals surface area contributed by atoms with Gasteiger partial charge in [0.15, 0.2) is 0 Å². The number of unbranched alkanes of at least 4 members (excludes halogenated alkanes) is 1. The topological polar surface area (TPSA) is 26.3 Å². The maximum Gasteiger partial charge on any atom is 0.307 e. The fraction of sp³-hybridized carbons (Fsp3) is 0.909. The van der Waals surface area contributed by atoms with Crippen LogP contribution >= 0.6 is 11.8 Å². The summed E-state index contributed by atoms with van der Waals surface area (Å²) in [5.41, 5.74) is 0. The van der Waals surface area contributed by atoms with Gasteiger partial charge in [0, 0.05) is 4.75 Å². The Morgan fingerprint density at radius 3 is 2.50 bits per heavy atom. The van der Waals surface area contributed by atoms with Crippen molar-refractivity contribution in [3.63, 3.8) is 0 Å². The highest BCUT2D eigenvalue weighted by atomic mass is 32.2. The number of thioether (sulfide) groups is 1. The molecule has 0 aliphatic rings. The molecular formula is C11H22O2S. The molecule has 0 atom stereocenters. The largest absolute Gasteiger partial charge is 0.466 e. The molecule has 0 heterocycles. The van der Waals surface area contributed by atoms with Gasteiger partial charge in [-0.1, -0.05) is 27.2 Å². The summed E-state index contributed by atoms with van der Waals surface area (Å²) < 4.78 is 4.95. The van der Waals surface area contributed by atoms with E-state index >= 15 is 0 Å². The first kappa shape index (κ1) is 13.8. The van der Waals surface area contributed by atoms with Gasteiger partial charge in [0.1, 0.15) is 0 Å². The molecule has 0 aromatic carbocycles. The number of rotatable bonds is 7. The average Bonchev–Trinajstić information content (AvgIpc) is 2.03. The van der Waals surface area contributed by atoms with E-state index in [0.717, 1.165) is 5.75 Å². The van der Waals surface area contributed by atoms with Crippen LogP contribution in [0.15, 0.2) is 0 Å². The minimum atomic E-state index is -0.0819. The van der Waals surface area contributed by atoms with E-state index in [1.54, 1.807) is 0 Å². The van der Waals surface area contributed by atoms with E-state index in [1.807, 2.05) is 18.7 Å². The van der Waals surface area contributed by atoms with Crippen LogP contribution in [-0.2, 0) is 9.53 Å². The maximum atomic E-state index is 11.3. The molecule has 0 aromatic rings. The van der Waals surface area contributed by atoms with Gasteiger partial charge in [0.25, 0.3) is 0 Å². The molecule has 0 aromatic heterocycles. The van der Waals surface area contributed by atoms with Crippen molar-refractivity contribution >= 4 is 17.7 Å². The summed E-state index contributed by atoms with van der Waals surface area (Å²) in [5.74, 6) is 1.05. The van der Waals surface area contributed by atoms with E-state index in [2.05, 4.69) is 20.8 Å². The maximum absolute atomic E-state index is 11.3. The molecule has 0 radical (unpaired) electrons. The van der Waals surface area contributed by atoms with Crippen LogP contribution in [0.25, 0.3) is 0 Å². The average molecular weight is 218 g/mol. The van der Waals surface area contributed by atoms with Crippen molar-refractivity contribution in [2.45, 2.75) is 51.7 Å². The molecule has 0 bridgehead atoms. The quantitative estimate of drug-likeness (QED) is 0.484. The van der Waals surface area contributed by atoms with E-state index in [4.69, 9.17) is 4.74 Å². The van der Waals surface area contributed by atoms with Gasteiger partial charge < -0.3 is 4.74 Å². The van der Waals surface area contributed by atoms with E-state index in [9.17, 15) is 4.79 Å². The standard InChI is InChI=1S/C11H22O2S/c1-5-7-8-14-11(3,4)9-10(12)13-6-2/h5-9H2,1-4H3. The van der Waals surface area contributed by atoms with Crippen molar-refractivity contribution in [1.82, 2.24) is 0 Å². The number of carbonyl (C=O) groups is 1. The van der Waals surface area contributed by atoms with Crippen molar-refractivity contribution < 1.29 is 9.53 Å². The van der Waals surface area contributed by atoms with Crippen LogP contribution < -0.4 is 0 Å². The molecule has 0 spiro atoms. The van der Waals surface area contributed by atoms with Crippen LogP contribution in [0.2, 0.25) is 0 Å². The predicted molar refractivity (Wildman–Crippen MR) is 62.7 cm³/mol. The minimum Gasteiger partial charge on any atom is -0.466 e. The van der Waals surface area contributed by atoms with E-state index in [-0.39, 0.29) is 10.7 Å². The Morgan fingerprint density at radius 1 is 1.36 bits per heavy atom. The lowest BCUT2D eigenvalue weighted by Crippen LogP contribution is -2.22. The third-order valence-electron chi connectivity index (χ3n) is 1.87. The summed E-state index contributed by atoms with van der Waals surface area (Å²) in [4.78, 5) is 11.3. The van der Waals surface area contributed by atoms with Crippen LogP contribution in [0.5, 0.6) is 0 Å². The molecule has 0 amide bonds. The smallest absolute Gasteiger partial charge is 0.307 e. The fourth-order valence-corrected chi connectivity index (χ4v) is 2.31. The number of carbonyl (C=O) groups excluding carboxylic acids is 1. The van der Waals surface area contributed by atoms with E-state index in [1.165, 1.54) is 12.8 Å². The summed E-state index contributed by atoms with van der Waals surface area (Å²) in [6.07, 6.45) is 2.94. The molecule has 0 N–H and O–H groups in total. The summed E-state index contributed by atoms with van der Waals surface area (Å²) >= 11 is 1.86. The Balaban J connectivity index is 3.75. The van der Waals surface area contributed by atoms with Crippen LogP contribution in [0.3, 0.4) is 0 Å². The van der Waals surface area contributed by atoms with Gasteiger partial charge in [0.05, 0.1) is 13.0 Å². The van der Waals surface area contributed by atoms with Gasteiger partial charge in [-0.05, 0) is 19.1 Å². The highest BCUT2D eigenvalue weighted by Gasteiger charge is 2.22. The van der Waals surface area contributed by atoms with Crippen LogP contribution in [-0.4, -0.2) is 23.1 Å². The summed E-state index contributed by atoms with van der Waals surface area (Å²) in [5, 5.41) is 0. The molecule has 84 valence electrons. The van der Waals surface area contributed by atoms with Crippen molar-refractivity contribution in [2.24, 2.45) is 0 Å². The van der Waals surface area contributed by atoms with Crippen LogP contribution in [0.4, 0.5) is 0 Å². The molecule has 0 unspecified atom stereocenters. The molecule has 3 heteroatoms. The number of ether oxygens (including phenoxy) is 1. The summed E-state index contributed by atoms with van der Waals surface area (Å²) in [7, 11) is 0. The lowest BCUT2D eigenvalue weighted by atomic mass is 10.1. The first-order valence-corrected chi connectivity index (χ1v) is 6.30. The normalized spacial score (nSPS) is 11.4. The van der Waals surface area contributed by atoms with Gasteiger partial charge in [-0.15, -0.1) is 0 Å². The van der Waals surface area contributed by atoms with Crippen LogP contribution in [0, 0.1) is 0 Å². The first-order chi connectivity index (χ1) is 6.52. The zero-order valence-electron chi connectivity index (χ0n) is 9.76. The van der Waals surface area contributed by atoms with Crippen molar-refractivity contribution in [2.75, 3.05) is 12.4 Å².